The van der Waals surface area contributed by atoms with Crippen LogP contribution in [0.3, 0.4) is 0 Å². The van der Waals surface area contributed by atoms with E-state index < -0.39 is 0 Å². The number of ether oxygens (including phenoxy) is 1. The summed E-state index contributed by atoms with van der Waals surface area (Å²) in [4.78, 5) is 0. The van der Waals surface area contributed by atoms with Crippen LogP contribution in [0, 0.1) is 0 Å². The number of aliphatic hydroxyl groups is 1. The summed E-state index contributed by atoms with van der Waals surface area (Å²) in [5.41, 5.74) is 0. The minimum atomic E-state index is 0.235. The topological polar surface area (TPSA) is 29.5 Å². The fourth-order valence-electron chi connectivity index (χ4n) is 0.846. The summed E-state index contributed by atoms with van der Waals surface area (Å²) >= 11 is 0. The highest BCUT2D eigenvalue weighted by Gasteiger charge is 2.02. The van der Waals surface area contributed by atoms with E-state index in [0.29, 0.717) is 0 Å². The van der Waals surface area contributed by atoms with Crippen molar-refractivity contribution >= 4 is 0 Å². The van der Waals surface area contributed by atoms with Gasteiger partial charge < -0.3 is 9.84 Å². The molecule has 0 radical (unpaired) electrons. The van der Waals surface area contributed by atoms with E-state index in [2.05, 4.69) is 6.92 Å². The maximum absolute atomic E-state index is 8.51. The minimum absolute atomic E-state index is 0.235. The zero-order valence-electron chi connectivity index (χ0n) is 6.26. The molecule has 0 spiro atoms. The molecule has 0 aliphatic rings. The van der Waals surface area contributed by atoms with Crippen LogP contribution < -0.4 is 0 Å². The first-order valence-electron chi connectivity index (χ1n) is 3.48. The highest BCUT2D eigenvalue weighted by Crippen LogP contribution is 2.03. The van der Waals surface area contributed by atoms with Gasteiger partial charge in [-0.1, -0.05) is 13.3 Å². The van der Waals surface area contributed by atoms with E-state index in [1.807, 2.05) is 0 Å². The van der Waals surface area contributed by atoms with Crippen LogP contribution in [-0.2, 0) is 4.74 Å². The zero-order valence-corrected chi connectivity index (χ0v) is 6.26. The molecule has 0 aromatic rings. The van der Waals surface area contributed by atoms with E-state index in [9.17, 15) is 0 Å². The van der Waals surface area contributed by atoms with Crippen molar-refractivity contribution in [2.24, 2.45) is 0 Å². The lowest BCUT2D eigenvalue weighted by atomic mass is 10.1. The van der Waals surface area contributed by atoms with Gasteiger partial charge in [0, 0.05) is 13.7 Å². The van der Waals surface area contributed by atoms with E-state index in [1.165, 1.54) is 0 Å². The molecule has 9 heavy (non-hydrogen) atoms. The average molecular weight is 132 g/mol. The molecule has 0 amide bonds. The van der Waals surface area contributed by atoms with E-state index in [-0.39, 0.29) is 12.7 Å². The molecule has 0 aromatic carbocycles. The first-order chi connectivity index (χ1) is 4.35. The van der Waals surface area contributed by atoms with Gasteiger partial charge in [-0.15, -0.1) is 0 Å². The van der Waals surface area contributed by atoms with Gasteiger partial charge in [0.15, 0.2) is 0 Å². The Morgan fingerprint density at radius 2 is 2.11 bits per heavy atom. The molecule has 0 unspecified atom stereocenters. The molecule has 0 rings (SSSR count). The summed E-state index contributed by atoms with van der Waals surface area (Å²) in [6.45, 7) is 2.35. The predicted octanol–water partition coefficient (Wildman–Crippen LogP) is 1.18. The molecular formula is C7H16O2. The Kier molecular flexibility index (Phi) is 5.99. The van der Waals surface area contributed by atoms with Crippen molar-refractivity contribution in [2.75, 3.05) is 13.7 Å². The van der Waals surface area contributed by atoms with Gasteiger partial charge in [0.1, 0.15) is 0 Å². The Bertz CT molecular complexity index is 48.9. The molecule has 1 atom stereocenters. The molecular weight excluding hydrogens is 116 g/mol. The van der Waals surface area contributed by atoms with Crippen LogP contribution >= 0.6 is 0 Å². The Labute approximate surface area is 56.8 Å². The van der Waals surface area contributed by atoms with Gasteiger partial charge in [-0.3, -0.25) is 0 Å². The summed E-state index contributed by atoms with van der Waals surface area (Å²) in [6, 6.07) is 0. The highest BCUT2D eigenvalue weighted by atomic mass is 16.5. The van der Waals surface area contributed by atoms with Crippen LogP contribution in [0.1, 0.15) is 26.2 Å². The van der Waals surface area contributed by atoms with Crippen LogP contribution in [0.4, 0.5) is 0 Å². The van der Waals surface area contributed by atoms with Crippen molar-refractivity contribution in [2.45, 2.75) is 32.3 Å². The second kappa shape index (κ2) is 6.05. The van der Waals surface area contributed by atoms with Crippen molar-refractivity contribution in [3.05, 3.63) is 0 Å². The first-order valence-corrected chi connectivity index (χ1v) is 3.48. The van der Waals surface area contributed by atoms with Crippen LogP contribution in [0.5, 0.6) is 0 Å². The molecule has 2 nitrogen and oxygen atoms in total. The lowest BCUT2D eigenvalue weighted by Crippen LogP contribution is -2.11. The third-order valence-electron chi connectivity index (χ3n) is 1.40. The maximum atomic E-state index is 8.51. The monoisotopic (exact) mass is 132 g/mol. The average Bonchev–Trinajstić information content (AvgIpc) is 1.88. The summed E-state index contributed by atoms with van der Waals surface area (Å²) in [5.74, 6) is 0. The minimum Gasteiger partial charge on any atom is -0.396 e. The molecule has 0 saturated carbocycles. The smallest absolute Gasteiger partial charge is 0.0593 e. The summed E-state index contributed by atoms with van der Waals surface area (Å²) < 4.78 is 5.07. The fraction of sp³-hybridized carbons (Fsp3) is 1.00. The quantitative estimate of drug-likeness (QED) is 0.608. The van der Waals surface area contributed by atoms with Gasteiger partial charge in [0.25, 0.3) is 0 Å². The molecule has 0 saturated heterocycles. The van der Waals surface area contributed by atoms with Crippen LogP contribution in [0.2, 0.25) is 0 Å². The Morgan fingerprint density at radius 1 is 1.44 bits per heavy atom. The standard InChI is InChI=1S/C7H16O2/c1-3-4-7(9-2)5-6-8/h7-8H,3-6H2,1-2H3/t7-/m1/s1. The second-order valence-corrected chi connectivity index (χ2v) is 2.16. The molecule has 0 aliphatic heterocycles. The van der Waals surface area contributed by atoms with Crippen molar-refractivity contribution in [1.82, 2.24) is 0 Å². The van der Waals surface area contributed by atoms with Gasteiger partial charge in [-0.2, -0.15) is 0 Å². The Hall–Kier alpha value is -0.0800. The summed E-state index contributed by atoms with van der Waals surface area (Å²) in [6.07, 6.45) is 3.21. The van der Waals surface area contributed by atoms with Gasteiger partial charge in [0.2, 0.25) is 0 Å². The molecule has 0 aromatic heterocycles. The van der Waals surface area contributed by atoms with E-state index in [0.717, 1.165) is 19.3 Å². The van der Waals surface area contributed by atoms with Gasteiger partial charge >= 0.3 is 0 Å². The lowest BCUT2D eigenvalue weighted by Gasteiger charge is -2.11. The van der Waals surface area contributed by atoms with E-state index in [1.54, 1.807) is 7.11 Å². The van der Waals surface area contributed by atoms with E-state index in [4.69, 9.17) is 9.84 Å². The number of hydrogen-bond donors (Lipinski definition) is 1. The van der Waals surface area contributed by atoms with Crippen molar-refractivity contribution in [3.8, 4) is 0 Å². The second-order valence-electron chi connectivity index (χ2n) is 2.16. The third-order valence-corrected chi connectivity index (χ3v) is 1.40. The van der Waals surface area contributed by atoms with Crippen LogP contribution in [0.25, 0.3) is 0 Å². The summed E-state index contributed by atoms with van der Waals surface area (Å²) in [7, 11) is 1.69. The molecule has 0 aliphatic carbocycles. The van der Waals surface area contributed by atoms with Crippen LogP contribution in [-0.4, -0.2) is 24.9 Å². The Balaban J connectivity index is 3.18. The van der Waals surface area contributed by atoms with Crippen LogP contribution in [0.15, 0.2) is 0 Å². The molecule has 1 N–H and O–H groups in total. The van der Waals surface area contributed by atoms with Gasteiger partial charge in [0.05, 0.1) is 6.10 Å². The fourth-order valence-corrected chi connectivity index (χ4v) is 0.846. The van der Waals surface area contributed by atoms with Gasteiger partial charge in [-0.25, -0.2) is 0 Å². The third kappa shape index (κ3) is 4.43. The SMILES string of the molecule is CCC[C@H](CCO)OC. The molecule has 2 heteroatoms. The van der Waals surface area contributed by atoms with Crippen molar-refractivity contribution < 1.29 is 9.84 Å². The number of methoxy groups -OCH3 is 1. The lowest BCUT2D eigenvalue weighted by molar-refractivity contribution is 0.0706. The Morgan fingerprint density at radius 3 is 2.44 bits per heavy atom. The molecule has 56 valence electrons. The first kappa shape index (κ1) is 8.92. The predicted molar refractivity (Wildman–Crippen MR) is 37.4 cm³/mol. The van der Waals surface area contributed by atoms with Gasteiger partial charge in [-0.05, 0) is 12.8 Å². The highest BCUT2D eigenvalue weighted by molar-refractivity contribution is 4.54. The number of rotatable bonds is 5. The normalized spacial score (nSPS) is 13.7. The summed E-state index contributed by atoms with van der Waals surface area (Å²) in [5, 5.41) is 8.51. The zero-order chi connectivity index (χ0) is 7.11. The van der Waals surface area contributed by atoms with E-state index >= 15 is 0 Å². The maximum Gasteiger partial charge on any atom is 0.0593 e. The molecule has 0 heterocycles. The molecule has 0 fully saturated rings. The number of hydrogen-bond acceptors (Lipinski definition) is 2. The van der Waals surface area contributed by atoms with Crippen molar-refractivity contribution in [3.63, 3.8) is 0 Å². The number of aliphatic hydroxyl groups excluding tert-OH is 1. The largest absolute Gasteiger partial charge is 0.396 e. The molecule has 0 bridgehead atoms. The van der Waals surface area contributed by atoms with Crippen molar-refractivity contribution in [1.29, 1.82) is 0 Å².